The van der Waals surface area contributed by atoms with E-state index in [2.05, 4.69) is 54.5 Å². The van der Waals surface area contributed by atoms with Gasteiger partial charge in [0.15, 0.2) is 13.2 Å². The average molecular weight is 437 g/mol. The van der Waals surface area contributed by atoms with Crippen molar-refractivity contribution in [2.45, 2.75) is 80.1 Å². The van der Waals surface area contributed by atoms with E-state index in [1.165, 1.54) is 0 Å². The monoisotopic (exact) mass is 436 g/mol. The zero-order chi connectivity index (χ0) is 23.8. The Balaban J connectivity index is 3.50. The molecule has 1 unspecified atom stereocenters. The fraction of sp³-hybridized carbons (Fsp3) is 0.680. The van der Waals surface area contributed by atoms with Gasteiger partial charge < -0.3 is 18.9 Å². The van der Waals surface area contributed by atoms with Gasteiger partial charge in [-0.3, -0.25) is 0 Å². The van der Waals surface area contributed by atoms with Crippen LogP contribution in [0.4, 0.5) is 0 Å². The minimum absolute atomic E-state index is 0.0146. The summed E-state index contributed by atoms with van der Waals surface area (Å²) in [5.74, 6) is 0.464. The Bertz CT molecular complexity index is 740. The first-order valence-corrected chi connectivity index (χ1v) is 11.1. The summed E-state index contributed by atoms with van der Waals surface area (Å²) in [6.45, 7) is 18.7. The lowest BCUT2D eigenvalue weighted by Crippen LogP contribution is -2.23. The molecule has 0 heterocycles. The molecule has 0 spiro atoms. The van der Waals surface area contributed by atoms with E-state index in [-0.39, 0.29) is 30.0 Å². The molecule has 6 heteroatoms. The molecule has 0 amide bonds. The Morgan fingerprint density at radius 3 is 1.68 bits per heavy atom. The largest absolute Gasteiger partial charge is 0.481 e. The summed E-state index contributed by atoms with van der Waals surface area (Å²) < 4.78 is 21.8. The number of rotatable bonds is 10. The van der Waals surface area contributed by atoms with Crippen molar-refractivity contribution in [3.05, 3.63) is 23.3 Å². The fourth-order valence-corrected chi connectivity index (χ4v) is 3.66. The zero-order valence-electron chi connectivity index (χ0n) is 20.7. The van der Waals surface area contributed by atoms with Crippen LogP contribution in [0.5, 0.6) is 11.5 Å². The third kappa shape index (κ3) is 8.08. The Kier molecular flexibility index (Phi) is 9.85. The quantitative estimate of drug-likeness (QED) is 0.457. The second kappa shape index (κ2) is 11.4. The van der Waals surface area contributed by atoms with Gasteiger partial charge in [-0.05, 0) is 48.6 Å². The Morgan fingerprint density at radius 2 is 1.29 bits per heavy atom. The van der Waals surface area contributed by atoms with E-state index in [0.717, 1.165) is 17.5 Å². The van der Waals surface area contributed by atoms with Gasteiger partial charge in [0.05, 0.1) is 13.2 Å². The molecule has 0 aromatic heterocycles. The van der Waals surface area contributed by atoms with Crippen molar-refractivity contribution in [1.82, 2.24) is 0 Å². The summed E-state index contributed by atoms with van der Waals surface area (Å²) in [5.41, 5.74) is 1.75. The van der Waals surface area contributed by atoms with Crippen molar-refractivity contribution in [1.29, 1.82) is 0 Å². The normalized spacial score (nSPS) is 12.8. The first kappa shape index (κ1) is 26.8. The van der Waals surface area contributed by atoms with Crippen molar-refractivity contribution in [2.75, 3.05) is 26.4 Å². The molecule has 31 heavy (non-hydrogen) atoms. The first-order chi connectivity index (χ1) is 14.3. The molecule has 1 aromatic rings. The van der Waals surface area contributed by atoms with Crippen molar-refractivity contribution < 1.29 is 28.5 Å². The summed E-state index contributed by atoms with van der Waals surface area (Å²) in [6.07, 6.45) is 0.909. The lowest BCUT2D eigenvalue weighted by atomic mass is 9.73. The van der Waals surface area contributed by atoms with Gasteiger partial charge in [-0.15, -0.1) is 0 Å². The number of benzene rings is 1. The fourth-order valence-electron chi connectivity index (χ4n) is 3.66. The van der Waals surface area contributed by atoms with Gasteiger partial charge in [-0.2, -0.15) is 0 Å². The van der Waals surface area contributed by atoms with Crippen LogP contribution in [0.25, 0.3) is 0 Å². The SMILES string of the molecule is CCOC(=O)COc1cc(OCC(=O)OCC)c(C(C)(C)C)cc1C(CC)C(C)(C)C. The molecule has 0 aliphatic heterocycles. The van der Waals surface area contributed by atoms with Crippen LogP contribution in [0.3, 0.4) is 0 Å². The Morgan fingerprint density at radius 1 is 0.806 bits per heavy atom. The Hall–Kier alpha value is -2.24. The van der Waals surface area contributed by atoms with E-state index >= 15 is 0 Å². The van der Waals surface area contributed by atoms with Crippen LogP contribution in [-0.2, 0) is 24.5 Å². The third-order valence-electron chi connectivity index (χ3n) is 5.05. The number of carbonyl (C=O) groups excluding carboxylic acids is 2. The maximum atomic E-state index is 11.9. The van der Waals surface area contributed by atoms with Gasteiger partial charge in [0.1, 0.15) is 11.5 Å². The molecule has 176 valence electrons. The van der Waals surface area contributed by atoms with Gasteiger partial charge >= 0.3 is 11.9 Å². The summed E-state index contributed by atoms with van der Waals surface area (Å²) in [6, 6.07) is 3.89. The number of hydrogen-bond acceptors (Lipinski definition) is 6. The molecule has 0 fully saturated rings. The van der Waals surface area contributed by atoms with E-state index in [9.17, 15) is 9.59 Å². The standard InChI is InChI=1S/C25H40O6/c1-10-18(24(4,5)6)17-13-19(25(7,8)9)21(31-16-23(27)29-12-3)14-20(17)30-15-22(26)28-11-2/h13-14,18H,10-12,15-16H2,1-9H3. The maximum absolute atomic E-state index is 11.9. The highest BCUT2D eigenvalue weighted by molar-refractivity contribution is 5.72. The average Bonchev–Trinajstić information content (AvgIpc) is 2.64. The highest BCUT2D eigenvalue weighted by Crippen LogP contribution is 2.46. The zero-order valence-corrected chi connectivity index (χ0v) is 20.7. The molecule has 1 aromatic carbocycles. The molecule has 6 nitrogen and oxygen atoms in total. The van der Waals surface area contributed by atoms with Gasteiger partial charge in [0.25, 0.3) is 0 Å². The molecule has 1 atom stereocenters. The predicted octanol–water partition coefficient (Wildman–Crippen LogP) is 5.41. The van der Waals surface area contributed by atoms with Crippen LogP contribution >= 0.6 is 0 Å². The maximum Gasteiger partial charge on any atom is 0.344 e. The lowest BCUT2D eigenvalue weighted by Gasteiger charge is -2.33. The van der Waals surface area contributed by atoms with E-state index in [4.69, 9.17) is 18.9 Å². The first-order valence-electron chi connectivity index (χ1n) is 11.1. The van der Waals surface area contributed by atoms with E-state index in [0.29, 0.717) is 24.7 Å². The Labute approximate surface area is 187 Å². The molecule has 0 saturated carbocycles. The van der Waals surface area contributed by atoms with E-state index in [1.807, 2.05) is 0 Å². The van der Waals surface area contributed by atoms with Crippen molar-refractivity contribution >= 4 is 11.9 Å². The van der Waals surface area contributed by atoms with E-state index < -0.39 is 11.9 Å². The van der Waals surface area contributed by atoms with Gasteiger partial charge in [0, 0.05) is 11.6 Å². The van der Waals surface area contributed by atoms with Crippen molar-refractivity contribution in [2.24, 2.45) is 5.41 Å². The minimum Gasteiger partial charge on any atom is -0.481 e. The number of carbonyl (C=O) groups is 2. The molecule has 1 rings (SSSR count). The van der Waals surface area contributed by atoms with Crippen LogP contribution in [0.15, 0.2) is 12.1 Å². The van der Waals surface area contributed by atoms with Gasteiger partial charge in [0.2, 0.25) is 0 Å². The molecule has 0 radical (unpaired) electrons. The summed E-state index contributed by atoms with van der Waals surface area (Å²) >= 11 is 0. The second-order valence-corrected chi connectivity index (χ2v) is 9.65. The van der Waals surface area contributed by atoms with Crippen molar-refractivity contribution in [3.63, 3.8) is 0 Å². The van der Waals surface area contributed by atoms with Crippen LogP contribution < -0.4 is 9.47 Å². The van der Waals surface area contributed by atoms with Crippen molar-refractivity contribution in [3.8, 4) is 11.5 Å². The molecule has 0 N–H and O–H groups in total. The van der Waals surface area contributed by atoms with Gasteiger partial charge in [-0.25, -0.2) is 9.59 Å². The van der Waals surface area contributed by atoms with E-state index in [1.54, 1.807) is 19.9 Å². The van der Waals surface area contributed by atoms with Crippen LogP contribution in [0, 0.1) is 5.41 Å². The molecule has 0 aliphatic rings. The van der Waals surface area contributed by atoms with Gasteiger partial charge in [-0.1, -0.05) is 48.5 Å². The third-order valence-corrected chi connectivity index (χ3v) is 5.05. The highest BCUT2D eigenvalue weighted by atomic mass is 16.6. The molecular formula is C25H40O6. The number of esters is 2. The summed E-state index contributed by atoms with van der Waals surface area (Å²) in [7, 11) is 0. The molecular weight excluding hydrogens is 396 g/mol. The second-order valence-electron chi connectivity index (χ2n) is 9.65. The highest BCUT2D eigenvalue weighted by Gasteiger charge is 2.31. The minimum atomic E-state index is -0.429. The molecule has 0 aliphatic carbocycles. The number of hydrogen-bond donors (Lipinski definition) is 0. The number of ether oxygens (including phenoxy) is 4. The molecule has 0 bridgehead atoms. The summed E-state index contributed by atoms with van der Waals surface area (Å²) in [5, 5.41) is 0. The predicted molar refractivity (Wildman–Crippen MR) is 122 cm³/mol. The topological polar surface area (TPSA) is 71.1 Å². The lowest BCUT2D eigenvalue weighted by molar-refractivity contribution is -0.146. The molecule has 0 saturated heterocycles. The summed E-state index contributed by atoms with van der Waals surface area (Å²) in [4.78, 5) is 23.8. The van der Waals surface area contributed by atoms with Crippen LogP contribution in [0.2, 0.25) is 0 Å². The van der Waals surface area contributed by atoms with Crippen LogP contribution in [-0.4, -0.2) is 38.4 Å². The smallest absolute Gasteiger partial charge is 0.344 e. The van der Waals surface area contributed by atoms with Crippen LogP contribution in [0.1, 0.15) is 85.8 Å².